The molecule has 1 aromatic rings. The molecule has 0 aliphatic heterocycles. The molecular weight excluding hydrogens is 207 g/mol. The van der Waals surface area contributed by atoms with Crippen LogP contribution in [0.3, 0.4) is 0 Å². The minimum Gasteiger partial charge on any atom is -0.434 e. The van der Waals surface area contributed by atoms with E-state index in [1.165, 1.54) is 12.3 Å². The van der Waals surface area contributed by atoms with Gasteiger partial charge in [-0.05, 0) is 19.9 Å². The molecule has 80 valence electrons. The lowest BCUT2D eigenvalue weighted by molar-refractivity contribution is 0.157. The van der Waals surface area contributed by atoms with Crippen LogP contribution in [0.25, 0.3) is 0 Å². The molecule has 0 atom stereocenters. The second-order valence-corrected chi connectivity index (χ2v) is 3.90. The largest absolute Gasteiger partial charge is 0.532 e. The van der Waals surface area contributed by atoms with Crippen molar-refractivity contribution in [2.45, 2.75) is 13.8 Å². The molecule has 1 rings (SSSR count). The van der Waals surface area contributed by atoms with E-state index in [9.17, 15) is 4.57 Å². The zero-order valence-electron chi connectivity index (χ0n) is 8.13. The molecule has 0 aliphatic rings. The summed E-state index contributed by atoms with van der Waals surface area (Å²) in [4.78, 5) is 0. The summed E-state index contributed by atoms with van der Waals surface area (Å²) in [5.74, 6) is 0.121. The summed E-state index contributed by atoms with van der Waals surface area (Å²) < 4.78 is 31.4. The molecule has 0 unspecified atom stereocenters. The molecular formula is C8H13O5P. The Morgan fingerprint density at radius 1 is 1.36 bits per heavy atom. The smallest absolute Gasteiger partial charge is 0.434 e. The van der Waals surface area contributed by atoms with E-state index in [2.05, 4.69) is 0 Å². The Balaban J connectivity index is 2.64. The first-order valence-electron chi connectivity index (χ1n) is 4.32. The van der Waals surface area contributed by atoms with Gasteiger partial charge in [0, 0.05) is 6.07 Å². The van der Waals surface area contributed by atoms with Gasteiger partial charge in [-0.15, -0.1) is 0 Å². The van der Waals surface area contributed by atoms with Crippen LogP contribution in [0.5, 0.6) is 5.95 Å². The van der Waals surface area contributed by atoms with E-state index < -0.39 is 7.82 Å². The van der Waals surface area contributed by atoms with Crippen LogP contribution in [0, 0.1) is 0 Å². The average Bonchev–Trinajstić information content (AvgIpc) is 2.57. The molecule has 0 spiro atoms. The van der Waals surface area contributed by atoms with Gasteiger partial charge in [-0.25, -0.2) is 4.57 Å². The zero-order chi connectivity index (χ0) is 10.4. The molecule has 0 aromatic carbocycles. The molecule has 5 nitrogen and oxygen atoms in total. The van der Waals surface area contributed by atoms with Gasteiger partial charge in [0.15, 0.2) is 0 Å². The lowest BCUT2D eigenvalue weighted by atomic mass is 10.7. The molecule has 0 aliphatic carbocycles. The Bertz CT molecular complexity index is 285. The molecule has 0 saturated carbocycles. The second kappa shape index (κ2) is 5.20. The topological polar surface area (TPSA) is 57.9 Å². The Morgan fingerprint density at radius 3 is 2.43 bits per heavy atom. The summed E-state index contributed by atoms with van der Waals surface area (Å²) in [6.45, 7) is 3.91. The van der Waals surface area contributed by atoms with Gasteiger partial charge >= 0.3 is 7.82 Å². The zero-order valence-corrected chi connectivity index (χ0v) is 9.03. The van der Waals surface area contributed by atoms with Crippen LogP contribution in [0.1, 0.15) is 13.8 Å². The van der Waals surface area contributed by atoms with Crippen LogP contribution < -0.4 is 4.52 Å². The highest BCUT2D eigenvalue weighted by atomic mass is 31.2. The molecule has 0 N–H and O–H groups in total. The quantitative estimate of drug-likeness (QED) is 0.690. The number of phosphoric acid groups is 1. The monoisotopic (exact) mass is 220 g/mol. The number of hydrogen-bond acceptors (Lipinski definition) is 5. The van der Waals surface area contributed by atoms with Crippen LogP contribution in [0.15, 0.2) is 22.8 Å². The van der Waals surface area contributed by atoms with Gasteiger partial charge in [-0.2, -0.15) is 0 Å². The molecule has 0 fully saturated rings. The van der Waals surface area contributed by atoms with Gasteiger partial charge in [0.05, 0.1) is 19.5 Å². The highest BCUT2D eigenvalue weighted by Gasteiger charge is 2.28. The Morgan fingerprint density at radius 2 is 2.00 bits per heavy atom. The Kier molecular flexibility index (Phi) is 4.20. The predicted octanol–water partition coefficient (Wildman–Crippen LogP) is 2.84. The molecule has 14 heavy (non-hydrogen) atoms. The van der Waals surface area contributed by atoms with Gasteiger partial charge < -0.3 is 8.94 Å². The number of furan rings is 1. The summed E-state index contributed by atoms with van der Waals surface area (Å²) in [6.07, 6.45) is 1.41. The number of rotatable bonds is 6. The molecule has 0 bridgehead atoms. The molecule has 0 amide bonds. The minimum atomic E-state index is -3.50. The summed E-state index contributed by atoms with van der Waals surface area (Å²) in [6, 6.07) is 3.16. The fourth-order valence-electron chi connectivity index (χ4n) is 0.832. The van der Waals surface area contributed by atoms with Gasteiger partial charge in [0.2, 0.25) is 0 Å². The molecule has 1 heterocycles. The van der Waals surface area contributed by atoms with Crippen molar-refractivity contribution in [3.05, 3.63) is 18.4 Å². The van der Waals surface area contributed by atoms with Crippen molar-refractivity contribution in [3.8, 4) is 5.95 Å². The summed E-state index contributed by atoms with van der Waals surface area (Å²) in [5, 5.41) is 0. The van der Waals surface area contributed by atoms with Crippen molar-refractivity contribution in [2.24, 2.45) is 0 Å². The fraction of sp³-hybridized carbons (Fsp3) is 0.500. The average molecular weight is 220 g/mol. The Hall–Kier alpha value is -0.770. The number of hydrogen-bond donors (Lipinski definition) is 0. The third-order valence-electron chi connectivity index (χ3n) is 1.27. The first-order chi connectivity index (χ1) is 6.70. The molecule has 0 radical (unpaired) electrons. The van der Waals surface area contributed by atoms with Crippen molar-refractivity contribution in [1.29, 1.82) is 0 Å². The predicted molar refractivity (Wildman–Crippen MR) is 50.2 cm³/mol. The summed E-state index contributed by atoms with van der Waals surface area (Å²) in [7, 11) is -3.50. The minimum absolute atomic E-state index is 0.121. The van der Waals surface area contributed by atoms with E-state index in [4.69, 9.17) is 18.0 Å². The molecule has 0 saturated heterocycles. The van der Waals surface area contributed by atoms with E-state index in [0.717, 1.165) is 0 Å². The lowest BCUT2D eigenvalue weighted by Crippen LogP contribution is -2.01. The van der Waals surface area contributed by atoms with Crippen LogP contribution in [0.4, 0.5) is 0 Å². The van der Waals surface area contributed by atoms with Crippen LogP contribution in [0.2, 0.25) is 0 Å². The maximum Gasteiger partial charge on any atom is 0.532 e. The molecule has 6 heteroatoms. The highest BCUT2D eigenvalue weighted by molar-refractivity contribution is 7.48. The van der Waals surface area contributed by atoms with E-state index >= 15 is 0 Å². The number of phosphoric ester groups is 1. The maximum absolute atomic E-state index is 11.8. The van der Waals surface area contributed by atoms with Crippen molar-refractivity contribution in [3.63, 3.8) is 0 Å². The third kappa shape index (κ3) is 3.18. The standard InChI is InChI=1S/C8H13O5P/c1-3-11-14(9,12-4-2)13-8-6-5-7-10-8/h5-7H,3-4H2,1-2H3. The van der Waals surface area contributed by atoms with Gasteiger partial charge in [-0.1, -0.05) is 0 Å². The van der Waals surface area contributed by atoms with E-state index in [0.29, 0.717) is 0 Å². The lowest BCUT2D eigenvalue weighted by Gasteiger charge is -2.14. The van der Waals surface area contributed by atoms with Crippen molar-refractivity contribution in [1.82, 2.24) is 0 Å². The van der Waals surface area contributed by atoms with Crippen LogP contribution >= 0.6 is 7.82 Å². The van der Waals surface area contributed by atoms with Gasteiger partial charge in [0.25, 0.3) is 5.95 Å². The van der Waals surface area contributed by atoms with Crippen LogP contribution in [-0.4, -0.2) is 13.2 Å². The van der Waals surface area contributed by atoms with Crippen molar-refractivity contribution < 1.29 is 22.6 Å². The van der Waals surface area contributed by atoms with Gasteiger partial charge in [-0.3, -0.25) is 9.05 Å². The summed E-state index contributed by atoms with van der Waals surface area (Å²) >= 11 is 0. The third-order valence-corrected chi connectivity index (χ3v) is 2.82. The first kappa shape index (κ1) is 11.3. The normalized spacial score (nSPS) is 11.6. The summed E-state index contributed by atoms with van der Waals surface area (Å²) in [5.41, 5.74) is 0. The van der Waals surface area contributed by atoms with Crippen LogP contribution in [-0.2, 0) is 13.6 Å². The van der Waals surface area contributed by atoms with Crippen molar-refractivity contribution in [2.75, 3.05) is 13.2 Å². The Labute approximate surface area is 82.6 Å². The van der Waals surface area contributed by atoms with E-state index in [-0.39, 0.29) is 19.2 Å². The van der Waals surface area contributed by atoms with E-state index in [1.807, 2.05) is 0 Å². The fourth-order valence-corrected chi connectivity index (χ4v) is 1.97. The molecule has 1 aromatic heterocycles. The second-order valence-electron chi connectivity index (χ2n) is 2.31. The highest BCUT2D eigenvalue weighted by Crippen LogP contribution is 2.49. The maximum atomic E-state index is 11.8. The van der Waals surface area contributed by atoms with E-state index in [1.54, 1.807) is 19.9 Å². The van der Waals surface area contributed by atoms with Gasteiger partial charge in [0.1, 0.15) is 0 Å². The first-order valence-corrected chi connectivity index (χ1v) is 5.78. The van der Waals surface area contributed by atoms with Crippen molar-refractivity contribution >= 4 is 7.82 Å². The SMILES string of the molecule is CCOP(=O)(OCC)Oc1ccco1.